The molecule has 5 heteroatoms. The first-order chi connectivity index (χ1) is 14.5. The predicted octanol–water partition coefficient (Wildman–Crippen LogP) is 4.59. The van der Waals surface area contributed by atoms with Gasteiger partial charge in [0.2, 0.25) is 0 Å². The Bertz CT molecular complexity index is 943. The molecule has 1 aliphatic rings. The van der Waals surface area contributed by atoms with Crippen LogP contribution in [-0.2, 0) is 20.7 Å². The SMILES string of the molecule is CCOC(=O)[C@H]1C(=O)C=C(c2ccc(OC)cc2OC)C[C@H]1c1ccc(CC)cc1. The fourth-order valence-corrected chi connectivity index (χ4v) is 3.95. The van der Waals surface area contributed by atoms with Gasteiger partial charge in [-0.2, -0.15) is 0 Å². The summed E-state index contributed by atoms with van der Waals surface area (Å²) in [7, 11) is 3.18. The van der Waals surface area contributed by atoms with Gasteiger partial charge in [0.1, 0.15) is 17.4 Å². The molecule has 0 bridgehead atoms. The van der Waals surface area contributed by atoms with E-state index in [4.69, 9.17) is 14.2 Å². The molecule has 158 valence electrons. The maximum Gasteiger partial charge on any atom is 0.317 e. The third kappa shape index (κ3) is 4.40. The molecule has 0 aromatic heterocycles. The van der Waals surface area contributed by atoms with Gasteiger partial charge in [-0.3, -0.25) is 9.59 Å². The van der Waals surface area contributed by atoms with Gasteiger partial charge in [-0.05, 0) is 54.7 Å². The van der Waals surface area contributed by atoms with Crippen LogP contribution in [0.25, 0.3) is 5.57 Å². The molecule has 0 N–H and O–H groups in total. The smallest absolute Gasteiger partial charge is 0.317 e. The molecule has 0 spiro atoms. The number of carbonyl (C=O) groups is 2. The van der Waals surface area contributed by atoms with Crippen LogP contribution in [0.2, 0.25) is 0 Å². The number of rotatable bonds is 7. The van der Waals surface area contributed by atoms with E-state index in [-0.39, 0.29) is 18.3 Å². The average molecular weight is 408 g/mol. The molecule has 0 aliphatic heterocycles. The number of benzene rings is 2. The van der Waals surface area contributed by atoms with Gasteiger partial charge in [0.25, 0.3) is 0 Å². The Morgan fingerprint density at radius 2 is 1.77 bits per heavy atom. The number of allylic oxidation sites excluding steroid dienone is 2. The molecule has 0 amide bonds. The molecule has 0 radical (unpaired) electrons. The van der Waals surface area contributed by atoms with Crippen LogP contribution in [0.3, 0.4) is 0 Å². The van der Waals surface area contributed by atoms with Gasteiger partial charge in [-0.15, -0.1) is 0 Å². The number of hydrogen-bond acceptors (Lipinski definition) is 5. The second kappa shape index (κ2) is 9.61. The molecule has 0 saturated heterocycles. The van der Waals surface area contributed by atoms with Crippen molar-refractivity contribution < 1.29 is 23.8 Å². The minimum absolute atomic E-state index is 0.239. The number of ketones is 1. The first-order valence-electron chi connectivity index (χ1n) is 10.2. The predicted molar refractivity (Wildman–Crippen MR) is 116 cm³/mol. The van der Waals surface area contributed by atoms with Gasteiger partial charge >= 0.3 is 5.97 Å². The second-order valence-electron chi connectivity index (χ2n) is 7.27. The zero-order chi connectivity index (χ0) is 21.7. The highest BCUT2D eigenvalue weighted by Gasteiger charge is 2.40. The maximum absolute atomic E-state index is 13.1. The first kappa shape index (κ1) is 21.6. The Kier molecular flexibility index (Phi) is 6.93. The maximum atomic E-state index is 13.1. The highest BCUT2D eigenvalue weighted by molar-refractivity contribution is 6.11. The lowest BCUT2D eigenvalue weighted by atomic mass is 9.73. The molecule has 5 nitrogen and oxygen atoms in total. The molecule has 3 rings (SSSR count). The fraction of sp³-hybridized carbons (Fsp3) is 0.360. The number of aryl methyl sites for hydroxylation is 1. The molecule has 0 fully saturated rings. The van der Waals surface area contributed by atoms with Crippen LogP contribution >= 0.6 is 0 Å². The van der Waals surface area contributed by atoms with Crippen molar-refractivity contribution in [3.05, 3.63) is 65.2 Å². The van der Waals surface area contributed by atoms with E-state index >= 15 is 0 Å². The van der Waals surface area contributed by atoms with E-state index < -0.39 is 11.9 Å². The summed E-state index contributed by atoms with van der Waals surface area (Å²) in [6.07, 6.45) is 3.02. The number of hydrogen-bond donors (Lipinski definition) is 0. The lowest BCUT2D eigenvalue weighted by molar-refractivity contribution is -0.151. The highest BCUT2D eigenvalue weighted by atomic mass is 16.5. The number of esters is 1. The third-order valence-electron chi connectivity index (χ3n) is 5.58. The van der Waals surface area contributed by atoms with Gasteiger partial charge in [0, 0.05) is 17.5 Å². The summed E-state index contributed by atoms with van der Waals surface area (Å²) in [6.45, 7) is 4.09. The van der Waals surface area contributed by atoms with Gasteiger partial charge in [-0.1, -0.05) is 31.2 Å². The third-order valence-corrected chi connectivity index (χ3v) is 5.58. The lowest BCUT2D eigenvalue weighted by Gasteiger charge is -2.30. The minimum Gasteiger partial charge on any atom is -0.497 e. The monoisotopic (exact) mass is 408 g/mol. The normalized spacial score (nSPS) is 18.5. The second-order valence-corrected chi connectivity index (χ2v) is 7.27. The molecule has 0 unspecified atom stereocenters. The van der Waals surface area contributed by atoms with Crippen molar-refractivity contribution in [2.75, 3.05) is 20.8 Å². The van der Waals surface area contributed by atoms with Crippen LogP contribution in [0.1, 0.15) is 42.9 Å². The van der Waals surface area contributed by atoms with Crippen molar-refractivity contribution in [2.45, 2.75) is 32.6 Å². The van der Waals surface area contributed by atoms with E-state index in [9.17, 15) is 9.59 Å². The Hall–Kier alpha value is -3.08. The lowest BCUT2D eigenvalue weighted by Crippen LogP contribution is -2.34. The van der Waals surface area contributed by atoms with Gasteiger partial charge < -0.3 is 14.2 Å². The summed E-state index contributed by atoms with van der Waals surface area (Å²) >= 11 is 0. The van der Waals surface area contributed by atoms with Crippen molar-refractivity contribution >= 4 is 17.3 Å². The number of carbonyl (C=O) groups excluding carboxylic acids is 2. The topological polar surface area (TPSA) is 61.8 Å². The number of ether oxygens (including phenoxy) is 3. The zero-order valence-electron chi connectivity index (χ0n) is 17.9. The Labute approximate surface area is 177 Å². The Morgan fingerprint density at radius 1 is 1.03 bits per heavy atom. The summed E-state index contributed by atoms with van der Waals surface area (Å²) in [5.41, 5.74) is 3.83. The largest absolute Gasteiger partial charge is 0.497 e. The quantitative estimate of drug-likeness (QED) is 0.495. The summed E-state index contributed by atoms with van der Waals surface area (Å²) < 4.78 is 16.1. The molecular formula is C25H28O5. The minimum atomic E-state index is -0.842. The van der Waals surface area contributed by atoms with Crippen molar-refractivity contribution in [3.8, 4) is 11.5 Å². The summed E-state index contributed by atoms with van der Waals surface area (Å²) in [6, 6.07) is 13.6. The summed E-state index contributed by atoms with van der Waals surface area (Å²) in [4.78, 5) is 25.7. The first-order valence-corrected chi connectivity index (χ1v) is 10.2. The van der Waals surface area contributed by atoms with Crippen LogP contribution in [-0.4, -0.2) is 32.6 Å². The van der Waals surface area contributed by atoms with Crippen LogP contribution in [0, 0.1) is 5.92 Å². The Balaban J connectivity index is 2.04. The summed E-state index contributed by atoms with van der Waals surface area (Å²) in [5.74, 6) is -0.543. The van der Waals surface area contributed by atoms with E-state index in [1.807, 2.05) is 36.4 Å². The van der Waals surface area contributed by atoms with E-state index in [0.717, 1.165) is 23.1 Å². The Morgan fingerprint density at radius 3 is 2.37 bits per heavy atom. The molecule has 1 aliphatic carbocycles. The summed E-state index contributed by atoms with van der Waals surface area (Å²) in [5, 5.41) is 0. The highest BCUT2D eigenvalue weighted by Crippen LogP contribution is 2.43. The van der Waals surface area contributed by atoms with E-state index in [0.29, 0.717) is 17.9 Å². The van der Waals surface area contributed by atoms with Crippen LogP contribution in [0.15, 0.2) is 48.5 Å². The standard InChI is InChI=1S/C25H28O5/c1-5-16-7-9-17(10-8-16)21-13-18(14-22(26)24(21)25(27)30-6-2)20-12-11-19(28-3)15-23(20)29-4/h7-12,14-15,21,24H,5-6,13H2,1-4H3/t21-,24+/m0/s1. The number of methoxy groups -OCH3 is 2. The molecule has 0 heterocycles. The van der Waals surface area contributed by atoms with Crippen molar-refractivity contribution in [1.82, 2.24) is 0 Å². The van der Waals surface area contributed by atoms with E-state index in [1.165, 1.54) is 5.56 Å². The van der Waals surface area contributed by atoms with Crippen LogP contribution < -0.4 is 9.47 Å². The van der Waals surface area contributed by atoms with Crippen molar-refractivity contribution in [1.29, 1.82) is 0 Å². The van der Waals surface area contributed by atoms with Crippen molar-refractivity contribution in [3.63, 3.8) is 0 Å². The van der Waals surface area contributed by atoms with Crippen LogP contribution in [0.5, 0.6) is 11.5 Å². The van der Waals surface area contributed by atoms with E-state index in [2.05, 4.69) is 6.92 Å². The molecule has 2 aromatic carbocycles. The molecule has 0 saturated carbocycles. The van der Waals surface area contributed by atoms with Gasteiger partial charge in [-0.25, -0.2) is 0 Å². The van der Waals surface area contributed by atoms with Gasteiger partial charge in [0.15, 0.2) is 5.78 Å². The van der Waals surface area contributed by atoms with E-state index in [1.54, 1.807) is 33.3 Å². The van der Waals surface area contributed by atoms with Crippen LogP contribution in [0.4, 0.5) is 0 Å². The fourth-order valence-electron chi connectivity index (χ4n) is 3.95. The zero-order valence-corrected chi connectivity index (χ0v) is 17.9. The molecule has 2 atom stereocenters. The molecule has 2 aromatic rings. The molecular weight excluding hydrogens is 380 g/mol. The van der Waals surface area contributed by atoms with Crippen molar-refractivity contribution in [2.24, 2.45) is 5.92 Å². The average Bonchev–Trinajstić information content (AvgIpc) is 2.78. The van der Waals surface area contributed by atoms with Gasteiger partial charge in [0.05, 0.1) is 20.8 Å². The molecule has 30 heavy (non-hydrogen) atoms.